The summed E-state index contributed by atoms with van der Waals surface area (Å²) in [5.74, 6) is -0.370. The SMILES string of the molecule is CC(NC(=O)c1cc(S(=O)(=O)N2CCCCCC2)ccc1Cl)c1ccc2c(c1)CCC2. The molecule has 2 aliphatic rings. The number of nitrogens with zero attached hydrogens (tertiary/aromatic N) is 1. The van der Waals surface area contributed by atoms with Crippen LogP contribution in [-0.4, -0.2) is 31.7 Å². The molecule has 5 nitrogen and oxygen atoms in total. The van der Waals surface area contributed by atoms with Crippen LogP contribution in [0, 0.1) is 0 Å². The van der Waals surface area contributed by atoms with Crippen molar-refractivity contribution >= 4 is 27.5 Å². The Labute approximate surface area is 189 Å². The number of carbonyl (C=O) groups excluding carboxylic acids is 1. The lowest BCUT2D eigenvalue weighted by Gasteiger charge is -2.21. The fraction of sp³-hybridized carbons (Fsp3) is 0.458. The molecule has 1 amide bonds. The lowest BCUT2D eigenvalue weighted by atomic mass is 10.0. The average Bonchev–Trinajstić information content (AvgIpc) is 3.04. The monoisotopic (exact) mass is 460 g/mol. The van der Waals surface area contributed by atoms with Gasteiger partial charge in [-0.25, -0.2) is 8.42 Å². The van der Waals surface area contributed by atoms with Crippen molar-refractivity contribution in [2.45, 2.75) is 62.8 Å². The first-order chi connectivity index (χ1) is 14.9. The summed E-state index contributed by atoms with van der Waals surface area (Å²) in [7, 11) is -3.65. The first kappa shape index (κ1) is 22.3. The third kappa shape index (κ3) is 4.81. The van der Waals surface area contributed by atoms with E-state index in [1.54, 1.807) is 0 Å². The number of rotatable bonds is 5. The zero-order valence-electron chi connectivity index (χ0n) is 17.9. The second-order valence-electron chi connectivity index (χ2n) is 8.54. The lowest BCUT2D eigenvalue weighted by Crippen LogP contribution is -2.32. The highest BCUT2D eigenvalue weighted by molar-refractivity contribution is 7.89. The van der Waals surface area contributed by atoms with Gasteiger partial charge in [-0.05, 0) is 73.9 Å². The highest BCUT2D eigenvalue weighted by Crippen LogP contribution is 2.27. The number of hydrogen-bond acceptors (Lipinski definition) is 3. The second kappa shape index (κ2) is 9.31. The second-order valence-corrected chi connectivity index (χ2v) is 10.9. The molecule has 1 N–H and O–H groups in total. The zero-order valence-corrected chi connectivity index (χ0v) is 19.4. The number of halogens is 1. The number of nitrogens with one attached hydrogen (secondary N) is 1. The van der Waals surface area contributed by atoms with Crippen molar-refractivity contribution in [3.8, 4) is 0 Å². The standard InChI is InChI=1S/C24H29ClN2O3S/c1-17(19-10-9-18-7-6-8-20(18)15-19)26-24(28)22-16-21(11-12-23(22)25)31(29,30)27-13-4-2-3-5-14-27/h9-12,15-17H,2-8,13-14H2,1H3,(H,26,28). The molecule has 1 atom stereocenters. The van der Waals surface area contributed by atoms with Crippen molar-refractivity contribution in [1.29, 1.82) is 0 Å². The Hall–Kier alpha value is -1.89. The Balaban J connectivity index is 1.54. The first-order valence-corrected chi connectivity index (χ1v) is 12.9. The maximum absolute atomic E-state index is 13.1. The van der Waals surface area contributed by atoms with Gasteiger partial charge in [0.25, 0.3) is 5.91 Å². The molecule has 1 aliphatic heterocycles. The Morgan fingerprint density at radius 3 is 2.42 bits per heavy atom. The van der Waals surface area contributed by atoms with Gasteiger partial charge in [0.1, 0.15) is 0 Å². The van der Waals surface area contributed by atoms with Crippen molar-refractivity contribution in [3.05, 3.63) is 63.7 Å². The van der Waals surface area contributed by atoms with E-state index < -0.39 is 10.0 Å². The summed E-state index contributed by atoms with van der Waals surface area (Å²) in [5.41, 5.74) is 3.96. The molecule has 0 radical (unpaired) electrons. The van der Waals surface area contributed by atoms with Crippen molar-refractivity contribution in [2.24, 2.45) is 0 Å². The Bertz CT molecular complexity index is 1080. The largest absolute Gasteiger partial charge is 0.345 e. The molecule has 0 saturated carbocycles. The van der Waals surface area contributed by atoms with Crippen molar-refractivity contribution < 1.29 is 13.2 Å². The van der Waals surface area contributed by atoms with Gasteiger partial charge >= 0.3 is 0 Å². The van der Waals surface area contributed by atoms with Crippen molar-refractivity contribution in [3.63, 3.8) is 0 Å². The van der Waals surface area contributed by atoms with Crippen molar-refractivity contribution in [1.82, 2.24) is 9.62 Å². The molecule has 1 fully saturated rings. The van der Waals surface area contributed by atoms with Crippen LogP contribution in [0.25, 0.3) is 0 Å². The summed E-state index contributed by atoms with van der Waals surface area (Å²) in [4.78, 5) is 13.1. The highest BCUT2D eigenvalue weighted by atomic mass is 35.5. The Morgan fingerprint density at radius 2 is 1.68 bits per heavy atom. The van der Waals surface area contributed by atoms with E-state index in [2.05, 4.69) is 23.5 Å². The molecule has 1 heterocycles. The van der Waals surface area contributed by atoms with Crippen LogP contribution < -0.4 is 5.32 Å². The van der Waals surface area contributed by atoms with Gasteiger partial charge in [-0.3, -0.25) is 4.79 Å². The van der Waals surface area contributed by atoms with Gasteiger partial charge in [0, 0.05) is 13.1 Å². The summed E-state index contributed by atoms with van der Waals surface area (Å²) in [6.07, 6.45) is 7.17. The third-order valence-corrected chi connectivity index (χ3v) is 8.58. The van der Waals surface area contributed by atoms with Crippen LogP contribution in [0.15, 0.2) is 41.3 Å². The van der Waals surface area contributed by atoms with E-state index in [0.29, 0.717) is 13.1 Å². The molecule has 0 aromatic heterocycles. The van der Waals surface area contributed by atoms with E-state index in [0.717, 1.165) is 44.1 Å². The van der Waals surface area contributed by atoms with Crippen LogP contribution in [0.2, 0.25) is 5.02 Å². The minimum atomic E-state index is -3.65. The van der Waals surface area contributed by atoms with Gasteiger partial charge in [-0.2, -0.15) is 4.31 Å². The smallest absolute Gasteiger partial charge is 0.253 e. The van der Waals surface area contributed by atoms with Crippen LogP contribution in [0.4, 0.5) is 0 Å². The maximum atomic E-state index is 13.1. The molecule has 2 aromatic carbocycles. The number of hydrogen-bond donors (Lipinski definition) is 1. The molecule has 7 heteroatoms. The fourth-order valence-corrected chi connectivity index (χ4v) is 6.24. The molecule has 166 valence electrons. The number of amides is 1. The van der Waals surface area contributed by atoms with E-state index in [1.807, 2.05) is 6.92 Å². The van der Waals surface area contributed by atoms with Gasteiger partial charge in [0.15, 0.2) is 0 Å². The summed E-state index contributed by atoms with van der Waals surface area (Å²) < 4.78 is 27.8. The van der Waals surface area contributed by atoms with Crippen LogP contribution >= 0.6 is 11.6 Å². The minimum Gasteiger partial charge on any atom is -0.345 e. The molecule has 0 spiro atoms. The minimum absolute atomic E-state index is 0.120. The molecular weight excluding hydrogens is 432 g/mol. The van der Waals surface area contributed by atoms with Crippen LogP contribution in [0.5, 0.6) is 0 Å². The number of carbonyl (C=O) groups is 1. The molecule has 1 unspecified atom stereocenters. The topological polar surface area (TPSA) is 66.5 Å². The normalized spacial score (nSPS) is 18.3. The Kier molecular flexibility index (Phi) is 6.70. The van der Waals surface area contributed by atoms with Gasteiger partial charge in [-0.15, -0.1) is 0 Å². The van der Waals surface area contributed by atoms with Gasteiger partial charge < -0.3 is 5.32 Å². The van der Waals surface area contributed by atoms with E-state index in [-0.39, 0.29) is 27.4 Å². The lowest BCUT2D eigenvalue weighted by molar-refractivity contribution is 0.0940. The van der Waals surface area contributed by atoms with E-state index in [4.69, 9.17) is 11.6 Å². The Morgan fingerprint density at radius 1 is 0.968 bits per heavy atom. The fourth-order valence-electron chi connectivity index (χ4n) is 4.49. The number of sulfonamides is 1. The molecular formula is C24H29ClN2O3S. The number of aryl methyl sites for hydroxylation is 2. The third-order valence-electron chi connectivity index (χ3n) is 6.36. The maximum Gasteiger partial charge on any atom is 0.253 e. The van der Waals surface area contributed by atoms with Gasteiger partial charge in [0.05, 0.1) is 21.5 Å². The van der Waals surface area contributed by atoms with Gasteiger partial charge in [0.2, 0.25) is 10.0 Å². The molecule has 4 rings (SSSR count). The van der Waals surface area contributed by atoms with Crippen LogP contribution in [0.1, 0.15) is 72.1 Å². The average molecular weight is 461 g/mol. The molecule has 31 heavy (non-hydrogen) atoms. The predicted molar refractivity (Wildman–Crippen MR) is 123 cm³/mol. The molecule has 2 aromatic rings. The first-order valence-electron chi connectivity index (χ1n) is 11.1. The van der Waals surface area contributed by atoms with E-state index in [9.17, 15) is 13.2 Å². The number of benzene rings is 2. The summed E-state index contributed by atoms with van der Waals surface area (Å²) in [6.45, 7) is 2.96. The molecule has 0 bridgehead atoms. The predicted octanol–water partition coefficient (Wildman–Crippen LogP) is 4.88. The van der Waals surface area contributed by atoms with Crippen molar-refractivity contribution in [2.75, 3.05) is 13.1 Å². The molecule has 1 saturated heterocycles. The van der Waals surface area contributed by atoms with Gasteiger partial charge in [-0.1, -0.05) is 42.6 Å². The summed E-state index contributed by atoms with van der Waals surface area (Å²) in [5, 5.41) is 3.22. The zero-order chi connectivity index (χ0) is 22.0. The quantitative estimate of drug-likeness (QED) is 0.691. The number of fused-ring (bicyclic) bond motifs is 1. The van der Waals surface area contributed by atoms with Crippen LogP contribution in [0.3, 0.4) is 0 Å². The van der Waals surface area contributed by atoms with Crippen LogP contribution in [-0.2, 0) is 22.9 Å². The van der Waals surface area contributed by atoms with E-state index in [1.165, 1.54) is 40.1 Å². The van der Waals surface area contributed by atoms with E-state index >= 15 is 0 Å². The highest BCUT2D eigenvalue weighted by Gasteiger charge is 2.27. The summed E-state index contributed by atoms with van der Waals surface area (Å²) >= 11 is 6.29. The summed E-state index contributed by atoms with van der Waals surface area (Å²) in [6, 6.07) is 10.5. The molecule has 1 aliphatic carbocycles.